The summed E-state index contributed by atoms with van der Waals surface area (Å²) in [5, 5.41) is 0. The lowest BCUT2D eigenvalue weighted by atomic mass is 10.2. The maximum Gasteiger partial charge on any atom is 0.243 e. The molecule has 0 amide bonds. The highest BCUT2D eigenvalue weighted by Gasteiger charge is 2.33. The fraction of sp³-hybridized carbons (Fsp3) is 0.500. The van der Waals surface area contributed by atoms with E-state index in [1.54, 1.807) is 16.4 Å². The number of benzene rings is 1. The lowest BCUT2D eigenvalue weighted by Gasteiger charge is -2.36. The van der Waals surface area contributed by atoms with Crippen molar-refractivity contribution >= 4 is 32.9 Å². The summed E-state index contributed by atoms with van der Waals surface area (Å²) < 4.78 is 29.0. The molecular formula is C12H17IN2O2S. The number of halogens is 1. The van der Waals surface area contributed by atoms with Crippen molar-refractivity contribution in [2.45, 2.75) is 24.8 Å². The van der Waals surface area contributed by atoms with Crippen LogP contribution >= 0.6 is 22.9 Å². The summed E-state index contributed by atoms with van der Waals surface area (Å²) in [7, 11) is -3.36. The van der Waals surface area contributed by atoms with Gasteiger partial charge in [0.2, 0.25) is 10.0 Å². The molecule has 1 fully saturated rings. The summed E-state index contributed by atoms with van der Waals surface area (Å²) in [6, 6.07) is 7.18. The number of nitrogens with zero attached hydrogens (tertiary/aromatic N) is 2. The van der Waals surface area contributed by atoms with E-state index in [9.17, 15) is 8.42 Å². The average molecular weight is 380 g/mol. The van der Waals surface area contributed by atoms with Crippen LogP contribution in [0.2, 0.25) is 0 Å². The third-order valence-electron chi connectivity index (χ3n) is 3.20. The van der Waals surface area contributed by atoms with Gasteiger partial charge < -0.3 is 0 Å². The molecule has 0 aromatic heterocycles. The smallest absolute Gasteiger partial charge is 0.243 e. The van der Waals surface area contributed by atoms with E-state index in [1.165, 1.54) is 0 Å². The van der Waals surface area contributed by atoms with Crippen LogP contribution in [0.4, 0.5) is 0 Å². The molecule has 1 aliphatic rings. The van der Waals surface area contributed by atoms with Crippen molar-refractivity contribution in [1.29, 1.82) is 0 Å². The van der Waals surface area contributed by atoms with Crippen LogP contribution in [-0.2, 0) is 10.0 Å². The zero-order valence-electron chi connectivity index (χ0n) is 10.5. The Bertz CT molecular complexity index is 533. The highest BCUT2D eigenvalue weighted by Crippen LogP contribution is 2.24. The molecule has 0 radical (unpaired) electrons. The van der Waals surface area contributed by atoms with E-state index in [-0.39, 0.29) is 6.04 Å². The number of aryl methyl sites for hydroxylation is 1. The van der Waals surface area contributed by atoms with Gasteiger partial charge in [-0.05, 0) is 25.5 Å². The van der Waals surface area contributed by atoms with Gasteiger partial charge in [-0.25, -0.2) is 11.5 Å². The van der Waals surface area contributed by atoms with Gasteiger partial charge in [0.1, 0.15) is 0 Å². The van der Waals surface area contributed by atoms with Crippen LogP contribution in [0.15, 0.2) is 29.2 Å². The molecule has 2 rings (SSSR count). The minimum Gasteiger partial charge on any atom is -0.245 e. The van der Waals surface area contributed by atoms with Crippen LogP contribution in [0.1, 0.15) is 12.5 Å². The zero-order chi connectivity index (χ0) is 13.3. The van der Waals surface area contributed by atoms with Gasteiger partial charge in [-0.1, -0.05) is 18.2 Å². The largest absolute Gasteiger partial charge is 0.245 e. The molecule has 4 nitrogen and oxygen atoms in total. The van der Waals surface area contributed by atoms with Crippen LogP contribution in [0, 0.1) is 6.92 Å². The SMILES string of the molecule is Cc1ccccc1S(=O)(=O)N1CCN(I)CC1C. The first-order valence-electron chi connectivity index (χ1n) is 5.91. The van der Waals surface area contributed by atoms with Gasteiger partial charge in [0.25, 0.3) is 0 Å². The molecule has 1 saturated heterocycles. The second-order valence-corrected chi connectivity index (χ2v) is 7.82. The Morgan fingerprint density at radius 3 is 2.56 bits per heavy atom. The second kappa shape index (κ2) is 5.44. The number of sulfonamides is 1. The first-order chi connectivity index (χ1) is 8.43. The number of piperazine rings is 1. The Labute approximate surface area is 123 Å². The van der Waals surface area contributed by atoms with E-state index in [2.05, 4.69) is 26.0 Å². The van der Waals surface area contributed by atoms with E-state index in [0.29, 0.717) is 11.4 Å². The molecule has 0 bridgehead atoms. The molecule has 1 unspecified atom stereocenters. The van der Waals surface area contributed by atoms with Crippen LogP contribution in [0.25, 0.3) is 0 Å². The van der Waals surface area contributed by atoms with E-state index in [4.69, 9.17) is 0 Å². The van der Waals surface area contributed by atoms with Crippen LogP contribution < -0.4 is 0 Å². The Morgan fingerprint density at radius 2 is 1.94 bits per heavy atom. The molecule has 18 heavy (non-hydrogen) atoms. The second-order valence-electron chi connectivity index (χ2n) is 4.60. The minimum absolute atomic E-state index is 0.0141. The first-order valence-corrected chi connectivity index (χ1v) is 8.31. The number of hydrogen-bond acceptors (Lipinski definition) is 3. The summed E-state index contributed by atoms with van der Waals surface area (Å²) in [6.45, 7) is 5.90. The molecule has 1 aromatic carbocycles. The predicted molar refractivity (Wildman–Crippen MR) is 80.1 cm³/mol. The lowest BCUT2D eigenvalue weighted by molar-refractivity contribution is 0.236. The number of rotatable bonds is 2. The summed E-state index contributed by atoms with van der Waals surface area (Å²) in [5.41, 5.74) is 0.807. The maximum absolute atomic E-state index is 12.6. The molecule has 100 valence electrons. The standard InChI is InChI=1S/C12H17IN2O2S/c1-10-5-3-4-6-12(10)18(16,17)15-8-7-14(13)9-11(15)2/h3-6,11H,7-9H2,1-2H3. The van der Waals surface area contributed by atoms with Gasteiger partial charge in [0, 0.05) is 48.5 Å². The monoisotopic (exact) mass is 380 g/mol. The molecule has 0 aliphatic carbocycles. The van der Waals surface area contributed by atoms with Crippen LogP contribution in [0.5, 0.6) is 0 Å². The summed E-state index contributed by atoms with van der Waals surface area (Å²) >= 11 is 2.24. The van der Waals surface area contributed by atoms with Crippen molar-refractivity contribution in [2.75, 3.05) is 19.6 Å². The van der Waals surface area contributed by atoms with Gasteiger partial charge >= 0.3 is 0 Å². The Morgan fingerprint density at radius 1 is 1.28 bits per heavy atom. The van der Waals surface area contributed by atoms with Gasteiger partial charge in [-0.15, -0.1) is 0 Å². The van der Waals surface area contributed by atoms with Crippen molar-refractivity contribution in [3.05, 3.63) is 29.8 Å². The Kier molecular flexibility index (Phi) is 4.30. The molecule has 1 aliphatic heterocycles. The van der Waals surface area contributed by atoms with E-state index >= 15 is 0 Å². The van der Waals surface area contributed by atoms with E-state index in [1.807, 2.05) is 26.0 Å². The van der Waals surface area contributed by atoms with Gasteiger partial charge in [0.05, 0.1) is 4.90 Å². The molecule has 0 saturated carbocycles. The lowest BCUT2D eigenvalue weighted by Crippen LogP contribution is -2.51. The predicted octanol–water partition coefficient (Wildman–Crippen LogP) is 2.04. The minimum atomic E-state index is -3.36. The normalized spacial score (nSPS) is 23.2. The van der Waals surface area contributed by atoms with Crippen LogP contribution in [0.3, 0.4) is 0 Å². The fourth-order valence-electron chi connectivity index (χ4n) is 2.23. The topological polar surface area (TPSA) is 40.6 Å². The van der Waals surface area contributed by atoms with Gasteiger partial charge in [0.15, 0.2) is 0 Å². The van der Waals surface area contributed by atoms with Crippen LogP contribution in [-0.4, -0.2) is 41.5 Å². The highest BCUT2D eigenvalue weighted by molar-refractivity contribution is 14.1. The molecular weight excluding hydrogens is 363 g/mol. The van der Waals surface area contributed by atoms with E-state index in [0.717, 1.165) is 18.7 Å². The summed E-state index contributed by atoms with van der Waals surface area (Å²) in [4.78, 5) is 0.429. The Hall–Kier alpha value is -0.180. The number of hydrogen-bond donors (Lipinski definition) is 0. The first kappa shape index (κ1) is 14.2. The van der Waals surface area contributed by atoms with Crippen molar-refractivity contribution in [3.8, 4) is 0 Å². The molecule has 6 heteroatoms. The molecule has 0 N–H and O–H groups in total. The zero-order valence-corrected chi connectivity index (χ0v) is 13.5. The van der Waals surface area contributed by atoms with Crippen molar-refractivity contribution in [3.63, 3.8) is 0 Å². The molecule has 1 atom stereocenters. The van der Waals surface area contributed by atoms with Crippen molar-refractivity contribution in [1.82, 2.24) is 7.42 Å². The quantitative estimate of drug-likeness (QED) is 0.583. The summed E-state index contributed by atoms with van der Waals surface area (Å²) in [5.74, 6) is 0. The van der Waals surface area contributed by atoms with Crippen molar-refractivity contribution < 1.29 is 8.42 Å². The average Bonchev–Trinajstić information content (AvgIpc) is 2.28. The van der Waals surface area contributed by atoms with E-state index < -0.39 is 10.0 Å². The fourth-order valence-corrected chi connectivity index (χ4v) is 4.85. The Balaban J connectivity index is 2.35. The highest BCUT2D eigenvalue weighted by atomic mass is 127. The summed E-state index contributed by atoms with van der Waals surface area (Å²) in [6.07, 6.45) is 0. The van der Waals surface area contributed by atoms with Gasteiger partial charge in [-0.2, -0.15) is 4.31 Å². The molecule has 1 heterocycles. The third kappa shape index (κ3) is 2.71. The van der Waals surface area contributed by atoms with Crippen molar-refractivity contribution in [2.24, 2.45) is 0 Å². The maximum atomic E-state index is 12.6. The molecule has 1 aromatic rings. The third-order valence-corrected chi connectivity index (χ3v) is 6.25. The van der Waals surface area contributed by atoms with Gasteiger partial charge in [-0.3, -0.25) is 0 Å². The molecule has 0 spiro atoms.